The fourth-order valence-corrected chi connectivity index (χ4v) is 1.64. The summed E-state index contributed by atoms with van der Waals surface area (Å²) >= 11 is 0. The van der Waals surface area contributed by atoms with Crippen molar-refractivity contribution in [2.24, 2.45) is 10.3 Å². The van der Waals surface area contributed by atoms with Gasteiger partial charge in [0.05, 0.1) is 11.9 Å². The molecule has 2 aromatic rings. The molecular formula is C10H8N4. The second-order valence-corrected chi connectivity index (χ2v) is 3.11. The molecule has 14 heavy (non-hydrogen) atoms. The van der Waals surface area contributed by atoms with Crippen molar-refractivity contribution in [3.05, 3.63) is 36.2 Å². The van der Waals surface area contributed by atoms with Crippen LogP contribution in [0.5, 0.6) is 0 Å². The van der Waals surface area contributed by atoms with Crippen LogP contribution in [-0.2, 0) is 0 Å². The molecule has 2 heterocycles. The molecule has 1 aromatic heterocycles. The Hall–Kier alpha value is -2.10. The molecule has 1 aromatic carbocycles. The second kappa shape index (κ2) is 2.70. The summed E-state index contributed by atoms with van der Waals surface area (Å²) in [5.41, 5.74) is 6.13. The van der Waals surface area contributed by atoms with E-state index in [1.807, 2.05) is 30.5 Å². The summed E-state index contributed by atoms with van der Waals surface area (Å²) in [6, 6.07) is 6.11. The first-order valence-corrected chi connectivity index (χ1v) is 4.38. The van der Waals surface area contributed by atoms with Gasteiger partial charge in [-0.05, 0) is 18.2 Å². The lowest BCUT2D eigenvalue weighted by Gasteiger charge is -2.04. The van der Waals surface area contributed by atoms with Gasteiger partial charge in [-0.2, -0.15) is 0 Å². The third-order valence-electron chi connectivity index (χ3n) is 2.31. The van der Waals surface area contributed by atoms with E-state index in [0.29, 0.717) is 0 Å². The molecule has 0 radical (unpaired) electrons. The van der Waals surface area contributed by atoms with Crippen molar-refractivity contribution in [2.75, 3.05) is 5.43 Å². The fraction of sp³-hybridized carbons (Fsp3) is 0. The Balaban J connectivity index is 2.38. The normalized spacial score (nSPS) is 13.7. The zero-order valence-electron chi connectivity index (χ0n) is 7.36. The second-order valence-electron chi connectivity index (χ2n) is 3.11. The quantitative estimate of drug-likeness (QED) is 0.649. The summed E-state index contributed by atoms with van der Waals surface area (Å²) in [5.74, 6) is 0. The largest absolute Gasteiger partial charge is 0.361 e. The Morgan fingerprint density at radius 1 is 1.14 bits per heavy atom. The van der Waals surface area contributed by atoms with Gasteiger partial charge in [0.15, 0.2) is 0 Å². The molecule has 0 amide bonds. The lowest BCUT2D eigenvalue weighted by Crippen LogP contribution is -1.89. The van der Waals surface area contributed by atoms with E-state index >= 15 is 0 Å². The summed E-state index contributed by atoms with van der Waals surface area (Å²) in [5, 5.41) is 8.75. The van der Waals surface area contributed by atoms with Crippen LogP contribution in [0.1, 0.15) is 5.56 Å². The van der Waals surface area contributed by atoms with E-state index < -0.39 is 0 Å². The Morgan fingerprint density at radius 3 is 3.14 bits per heavy atom. The maximum atomic E-state index is 3.82. The van der Waals surface area contributed by atoms with Gasteiger partial charge in [-0.25, -0.2) is 0 Å². The van der Waals surface area contributed by atoms with Crippen LogP contribution in [0, 0.1) is 0 Å². The van der Waals surface area contributed by atoms with Crippen LogP contribution in [0.15, 0.2) is 40.9 Å². The lowest BCUT2D eigenvalue weighted by molar-refractivity contribution is 1.14. The average molecular weight is 184 g/mol. The van der Waals surface area contributed by atoms with Crippen molar-refractivity contribution in [3.8, 4) is 0 Å². The number of fused-ring (bicyclic) bond motifs is 3. The van der Waals surface area contributed by atoms with Gasteiger partial charge >= 0.3 is 0 Å². The van der Waals surface area contributed by atoms with Crippen molar-refractivity contribution in [2.45, 2.75) is 0 Å². The average Bonchev–Trinajstić information content (AvgIpc) is 2.55. The van der Waals surface area contributed by atoms with Crippen LogP contribution in [0.3, 0.4) is 0 Å². The van der Waals surface area contributed by atoms with Gasteiger partial charge in [-0.15, -0.1) is 5.11 Å². The molecule has 68 valence electrons. The third kappa shape index (κ3) is 0.939. The Morgan fingerprint density at radius 2 is 2.14 bits per heavy atom. The zero-order valence-corrected chi connectivity index (χ0v) is 7.36. The van der Waals surface area contributed by atoms with Crippen LogP contribution < -0.4 is 5.43 Å². The third-order valence-corrected chi connectivity index (χ3v) is 2.31. The molecule has 1 aliphatic rings. The molecule has 0 atom stereocenters. The first-order valence-electron chi connectivity index (χ1n) is 4.38. The van der Waals surface area contributed by atoms with Gasteiger partial charge in [0.2, 0.25) is 0 Å². The molecule has 2 N–H and O–H groups in total. The van der Waals surface area contributed by atoms with Gasteiger partial charge in [0.1, 0.15) is 0 Å². The predicted octanol–water partition coefficient (Wildman–Crippen LogP) is 2.93. The number of aromatic amines is 1. The van der Waals surface area contributed by atoms with E-state index in [1.54, 1.807) is 6.20 Å². The summed E-state index contributed by atoms with van der Waals surface area (Å²) in [6.07, 6.45) is 5.53. The van der Waals surface area contributed by atoms with Crippen LogP contribution in [-0.4, -0.2) is 4.98 Å². The van der Waals surface area contributed by atoms with Gasteiger partial charge in [0, 0.05) is 22.7 Å². The minimum absolute atomic E-state index is 1.00. The van der Waals surface area contributed by atoms with Crippen LogP contribution >= 0.6 is 0 Å². The minimum Gasteiger partial charge on any atom is -0.361 e. The van der Waals surface area contributed by atoms with E-state index in [9.17, 15) is 0 Å². The molecule has 4 heteroatoms. The Bertz CT molecular complexity index is 536. The maximum Gasteiger partial charge on any atom is 0.0745 e. The van der Waals surface area contributed by atoms with Crippen molar-refractivity contribution in [1.29, 1.82) is 0 Å². The number of aromatic nitrogens is 1. The molecule has 0 spiro atoms. The summed E-state index contributed by atoms with van der Waals surface area (Å²) in [7, 11) is 0. The highest BCUT2D eigenvalue weighted by Gasteiger charge is 2.06. The van der Waals surface area contributed by atoms with Crippen LogP contribution in [0.25, 0.3) is 17.0 Å². The molecule has 0 saturated heterocycles. The Labute approximate surface area is 80.3 Å². The molecule has 1 aliphatic heterocycles. The van der Waals surface area contributed by atoms with Crippen molar-refractivity contribution < 1.29 is 0 Å². The Kier molecular flexibility index (Phi) is 1.41. The highest BCUT2D eigenvalue weighted by Crippen LogP contribution is 2.29. The molecule has 0 unspecified atom stereocenters. The van der Waals surface area contributed by atoms with E-state index in [1.165, 1.54) is 0 Å². The molecular weight excluding hydrogens is 176 g/mol. The highest BCUT2D eigenvalue weighted by molar-refractivity contribution is 5.96. The molecule has 0 bridgehead atoms. The van der Waals surface area contributed by atoms with Gasteiger partial charge < -0.3 is 4.98 Å². The standard InChI is InChI=1S/C10H8N4/c1-2-9-8(4-5-11-9)10-7(1)3-6-12-14-13-10/h1-6,11H,(H,12,13). The monoisotopic (exact) mass is 184 g/mol. The zero-order chi connectivity index (χ0) is 9.38. The number of H-pyrrole nitrogens is 1. The maximum absolute atomic E-state index is 3.82. The van der Waals surface area contributed by atoms with E-state index in [2.05, 4.69) is 20.7 Å². The number of anilines is 1. The number of benzene rings is 1. The summed E-state index contributed by atoms with van der Waals surface area (Å²) in [4.78, 5) is 3.15. The number of hydrogen-bond donors (Lipinski definition) is 2. The predicted molar refractivity (Wildman–Crippen MR) is 55.8 cm³/mol. The number of nitrogens with one attached hydrogen (secondary N) is 2. The van der Waals surface area contributed by atoms with Gasteiger partial charge in [-0.1, -0.05) is 11.3 Å². The van der Waals surface area contributed by atoms with E-state index in [-0.39, 0.29) is 0 Å². The molecule has 3 rings (SSSR count). The summed E-state index contributed by atoms with van der Waals surface area (Å²) in [6.45, 7) is 0. The number of hydrogen-bond acceptors (Lipinski definition) is 3. The topological polar surface area (TPSA) is 52.5 Å². The SMILES string of the molecule is C1=Cc2ccc3[nH]ccc3c2NN=N1. The number of nitrogens with zero attached hydrogens (tertiary/aromatic N) is 2. The van der Waals surface area contributed by atoms with E-state index in [0.717, 1.165) is 22.2 Å². The smallest absolute Gasteiger partial charge is 0.0745 e. The summed E-state index contributed by atoms with van der Waals surface area (Å²) < 4.78 is 0. The van der Waals surface area contributed by atoms with Gasteiger partial charge in [0.25, 0.3) is 0 Å². The molecule has 0 fully saturated rings. The molecule has 0 aliphatic carbocycles. The minimum atomic E-state index is 1.00. The first kappa shape index (κ1) is 7.32. The number of rotatable bonds is 0. The van der Waals surface area contributed by atoms with Crippen LogP contribution in [0.2, 0.25) is 0 Å². The molecule has 0 saturated carbocycles. The fourth-order valence-electron chi connectivity index (χ4n) is 1.64. The first-order chi connectivity index (χ1) is 6.95. The lowest BCUT2D eigenvalue weighted by atomic mass is 10.1. The van der Waals surface area contributed by atoms with Crippen molar-refractivity contribution in [3.63, 3.8) is 0 Å². The van der Waals surface area contributed by atoms with Gasteiger partial charge in [-0.3, -0.25) is 5.43 Å². The van der Waals surface area contributed by atoms with Crippen molar-refractivity contribution in [1.82, 2.24) is 4.98 Å². The van der Waals surface area contributed by atoms with E-state index in [4.69, 9.17) is 0 Å². The molecule has 4 nitrogen and oxygen atoms in total. The van der Waals surface area contributed by atoms with Crippen LogP contribution in [0.4, 0.5) is 5.69 Å². The van der Waals surface area contributed by atoms with Crippen molar-refractivity contribution >= 4 is 22.7 Å². The highest BCUT2D eigenvalue weighted by atomic mass is 15.4.